The maximum Gasteiger partial charge on any atom is 0.341 e. The smallest absolute Gasteiger partial charge is 0.341 e. The number of benzene rings is 1. The number of carbonyl (C=O) groups is 1. The van der Waals surface area contributed by atoms with E-state index >= 15 is 0 Å². The summed E-state index contributed by atoms with van der Waals surface area (Å²) in [6, 6.07) is 6.26. The summed E-state index contributed by atoms with van der Waals surface area (Å²) in [5.41, 5.74) is 1.76. The number of hydrogen-bond donors (Lipinski definition) is 2. The summed E-state index contributed by atoms with van der Waals surface area (Å²) in [6.45, 7) is 0. The standard InChI is InChI=1S/C18H19N3O4S2/c1-25-17(22)15-11-7-3-2-4-10-14(11)27-16(15)20-18(26)19-12-8-5-6-9-13(12)21(23)24/h5-6,8-9H,2-4,7,10H2,1H3,(H2,19,20,26). The lowest BCUT2D eigenvalue weighted by Crippen LogP contribution is -2.20. The number of nitrogens with zero attached hydrogens (tertiary/aromatic N) is 1. The number of thiophene rings is 1. The quantitative estimate of drug-likeness (QED) is 0.254. The molecule has 0 amide bonds. The number of nitro groups is 1. The minimum absolute atomic E-state index is 0.0724. The summed E-state index contributed by atoms with van der Waals surface area (Å²) in [5, 5.41) is 17.8. The minimum atomic E-state index is -0.474. The molecule has 7 nitrogen and oxygen atoms in total. The van der Waals surface area contributed by atoms with Crippen molar-refractivity contribution in [2.75, 3.05) is 17.7 Å². The van der Waals surface area contributed by atoms with Gasteiger partial charge < -0.3 is 15.4 Å². The van der Waals surface area contributed by atoms with E-state index in [0.717, 1.165) is 37.7 Å². The van der Waals surface area contributed by atoms with Crippen molar-refractivity contribution >= 4 is 51.0 Å². The number of methoxy groups -OCH3 is 1. The van der Waals surface area contributed by atoms with Crippen LogP contribution in [-0.2, 0) is 17.6 Å². The van der Waals surface area contributed by atoms with Gasteiger partial charge in [0.2, 0.25) is 0 Å². The molecular weight excluding hydrogens is 386 g/mol. The molecule has 1 aromatic carbocycles. The first-order chi connectivity index (χ1) is 13.0. The second-order valence-corrected chi connectivity index (χ2v) is 7.63. The molecule has 0 saturated heterocycles. The lowest BCUT2D eigenvalue weighted by Gasteiger charge is -2.11. The maximum absolute atomic E-state index is 12.4. The Labute approximate surface area is 165 Å². The van der Waals surface area contributed by atoms with E-state index in [1.165, 1.54) is 29.4 Å². The van der Waals surface area contributed by atoms with Gasteiger partial charge in [0.1, 0.15) is 10.7 Å². The summed E-state index contributed by atoms with van der Waals surface area (Å²) in [5.74, 6) is -0.398. The highest BCUT2D eigenvalue weighted by atomic mass is 32.1. The van der Waals surface area contributed by atoms with Gasteiger partial charge in [-0.15, -0.1) is 11.3 Å². The van der Waals surface area contributed by atoms with Crippen molar-refractivity contribution in [2.45, 2.75) is 32.1 Å². The molecule has 9 heteroatoms. The highest BCUT2D eigenvalue weighted by Gasteiger charge is 2.26. The van der Waals surface area contributed by atoms with Gasteiger partial charge in [0.05, 0.1) is 17.6 Å². The maximum atomic E-state index is 12.4. The van der Waals surface area contributed by atoms with Gasteiger partial charge in [-0.2, -0.15) is 0 Å². The lowest BCUT2D eigenvalue weighted by atomic mass is 10.1. The van der Waals surface area contributed by atoms with E-state index in [4.69, 9.17) is 17.0 Å². The predicted molar refractivity (Wildman–Crippen MR) is 110 cm³/mol. The van der Waals surface area contributed by atoms with Gasteiger partial charge in [-0.1, -0.05) is 18.6 Å². The molecule has 0 fully saturated rings. The molecule has 1 aliphatic carbocycles. The average molecular weight is 406 g/mol. The average Bonchev–Trinajstić information content (AvgIpc) is 2.82. The Morgan fingerprint density at radius 3 is 2.70 bits per heavy atom. The molecule has 2 N–H and O–H groups in total. The number of thiocarbonyl (C=S) groups is 1. The van der Waals surface area contributed by atoms with Crippen molar-refractivity contribution in [1.82, 2.24) is 0 Å². The second-order valence-electron chi connectivity index (χ2n) is 6.11. The first-order valence-corrected chi connectivity index (χ1v) is 9.78. The Morgan fingerprint density at radius 2 is 1.96 bits per heavy atom. The van der Waals surface area contributed by atoms with E-state index in [0.29, 0.717) is 10.6 Å². The number of esters is 1. The van der Waals surface area contributed by atoms with Crippen molar-refractivity contribution < 1.29 is 14.5 Å². The Balaban J connectivity index is 1.86. The van der Waals surface area contributed by atoms with Crippen LogP contribution in [0.5, 0.6) is 0 Å². The normalized spacial score (nSPS) is 13.2. The van der Waals surface area contributed by atoms with E-state index in [2.05, 4.69) is 10.6 Å². The van der Waals surface area contributed by atoms with Crippen LogP contribution in [0, 0.1) is 10.1 Å². The van der Waals surface area contributed by atoms with Gasteiger partial charge >= 0.3 is 5.97 Å². The number of nitrogens with one attached hydrogen (secondary N) is 2. The van der Waals surface area contributed by atoms with Gasteiger partial charge in [-0.05, 0) is 49.5 Å². The van der Waals surface area contributed by atoms with Crippen LogP contribution in [0.4, 0.5) is 16.4 Å². The van der Waals surface area contributed by atoms with E-state index in [-0.39, 0.29) is 16.5 Å². The highest BCUT2D eigenvalue weighted by molar-refractivity contribution is 7.80. The third-order valence-electron chi connectivity index (χ3n) is 4.39. The molecule has 1 heterocycles. The van der Waals surface area contributed by atoms with E-state index in [1.807, 2.05) is 0 Å². The summed E-state index contributed by atoms with van der Waals surface area (Å²) in [7, 11) is 1.36. The summed E-state index contributed by atoms with van der Waals surface area (Å²) >= 11 is 6.82. The van der Waals surface area contributed by atoms with Crippen LogP contribution in [0.2, 0.25) is 0 Å². The second kappa shape index (κ2) is 8.45. The predicted octanol–water partition coefficient (Wildman–Crippen LogP) is 4.52. The van der Waals surface area contributed by atoms with Crippen molar-refractivity contribution in [3.8, 4) is 0 Å². The molecule has 142 valence electrons. The number of para-hydroxylation sites is 2. The molecule has 0 aliphatic heterocycles. The topological polar surface area (TPSA) is 93.5 Å². The number of ether oxygens (including phenoxy) is 1. The summed E-state index contributed by atoms with van der Waals surface area (Å²) < 4.78 is 4.97. The molecule has 0 radical (unpaired) electrons. The van der Waals surface area contributed by atoms with Gasteiger partial charge in [0.15, 0.2) is 5.11 Å². The number of fused-ring (bicyclic) bond motifs is 1. The van der Waals surface area contributed by atoms with Gasteiger partial charge in [0.25, 0.3) is 5.69 Å². The Bertz CT molecular complexity index is 895. The van der Waals surface area contributed by atoms with Crippen LogP contribution >= 0.6 is 23.6 Å². The first-order valence-electron chi connectivity index (χ1n) is 8.55. The molecule has 3 rings (SSSR count). The largest absolute Gasteiger partial charge is 0.465 e. The van der Waals surface area contributed by atoms with E-state index in [1.54, 1.807) is 18.2 Å². The SMILES string of the molecule is COC(=O)c1c(NC(=S)Nc2ccccc2[N+](=O)[O-])sc2c1CCCCC2. The summed E-state index contributed by atoms with van der Waals surface area (Å²) in [4.78, 5) is 24.2. The number of nitro benzene ring substituents is 1. The number of carbonyl (C=O) groups excluding carboxylic acids is 1. The van der Waals surface area contributed by atoms with Gasteiger partial charge in [-0.25, -0.2) is 4.79 Å². The van der Waals surface area contributed by atoms with Crippen LogP contribution in [0.25, 0.3) is 0 Å². The van der Waals surface area contributed by atoms with Crippen LogP contribution in [-0.4, -0.2) is 23.1 Å². The van der Waals surface area contributed by atoms with Crippen molar-refractivity contribution in [2.24, 2.45) is 0 Å². The lowest BCUT2D eigenvalue weighted by molar-refractivity contribution is -0.383. The van der Waals surface area contributed by atoms with Crippen molar-refractivity contribution in [3.63, 3.8) is 0 Å². The molecule has 0 saturated carbocycles. The van der Waals surface area contributed by atoms with Crippen LogP contribution in [0.1, 0.15) is 40.1 Å². The van der Waals surface area contributed by atoms with E-state index in [9.17, 15) is 14.9 Å². The van der Waals surface area contributed by atoms with Crippen LogP contribution in [0.15, 0.2) is 24.3 Å². The zero-order valence-corrected chi connectivity index (χ0v) is 16.4. The molecule has 0 spiro atoms. The van der Waals surface area contributed by atoms with E-state index < -0.39 is 10.9 Å². The Hall–Kier alpha value is -2.52. The third kappa shape index (κ3) is 4.25. The fraction of sp³-hybridized carbons (Fsp3) is 0.333. The third-order valence-corrected chi connectivity index (χ3v) is 5.80. The fourth-order valence-electron chi connectivity index (χ4n) is 3.14. The molecule has 27 heavy (non-hydrogen) atoms. The molecule has 1 aromatic heterocycles. The Kier molecular flexibility index (Phi) is 6.02. The van der Waals surface area contributed by atoms with Gasteiger partial charge in [0, 0.05) is 10.9 Å². The van der Waals surface area contributed by atoms with Crippen molar-refractivity contribution in [1.29, 1.82) is 0 Å². The number of rotatable bonds is 4. The zero-order chi connectivity index (χ0) is 19.4. The highest BCUT2D eigenvalue weighted by Crippen LogP contribution is 2.38. The van der Waals surface area contributed by atoms with Crippen LogP contribution < -0.4 is 10.6 Å². The molecule has 1 aliphatic rings. The zero-order valence-electron chi connectivity index (χ0n) is 14.7. The Morgan fingerprint density at radius 1 is 1.22 bits per heavy atom. The number of anilines is 2. The van der Waals surface area contributed by atoms with Crippen molar-refractivity contribution in [3.05, 3.63) is 50.4 Å². The minimum Gasteiger partial charge on any atom is -0.465 e. The molecule has 0 bridgehead atoms. The molecule has 0 unspecified atom stereocenters. The monoisotopic (exact) mass is 405 g/mol. The number of aryl methyl sites for hydroxylation is 1. The fourth-order valence-corrected chi connectivity index (χ4v) is 4.70. The van der Waals surface area contributed by atoms with Gasteiger partial charge in [-0.3, -0.25) is 10.1 Å². The summed E-state index contributed by atoms with van der Waals surface area (Å²) in [6.07, 6.45) is 5.03. The van der Waals surface area contributed by atoms with Crippen LogP contribution in [0.3, 0.4) is 0 Å². The molecule has 0 atom stereocenters. The number of hydrogen-bond acceptors (Lipinski definition) is 6. The molecular formula is C18H19N3O4S2. The molecule has 2 aromatic rings. The first kappa shape index (κ1) is 19.2.